The van der Waals surface area contributed by atoms with Gasteiger partial charge < -0.3 is 20.4 Å². The van der Waals surface area contributed by atoms with Gasteiger partial charge in [0.15, 0.2) is 11.7 Å². The Morgan fingerprint density at radius 3 is 1.63 bits per heavy atom. The molecule has 0 fully saturated rings. The van der Waals surface area contributed by atoms with E-state index in [2.05, 4.69) is 0 Å². The summed E-state index contributed by atoms with van der Waals surface area (Å²) in [6.45, 7) is 0. The normalized spacial score (nSPS) is 10.4. The van der Waals surface area contributed by atoms with Crippen molar-refractivity contribution in [2.24, 2.45) is 0 Å². The fourth-order valence-corrected chi connectivity index (χ4v) is 2.62. The lowest BCUT2D eigenvalue weighted by atomic mass is 9.86. The van der Waals surface area contributed by atoms with E-state index < -0.39 is 57.8 Å². The largest absolute Gasteiger partial charge is 0.480 e. The van der Waals surface area contributed by atoms with Gasteiger partial charge in [-0.25, -0.2) is 9.59 Å². The fraction of sp³-hybridized carbons (Fsp3) is 0.0556. The Morgan fingerprint density at radius 2 is 1.19 bits per heavy atom. The van der Waals surface area contributed by atoms with Gasteiger partial charge in [-0.2, -0.15) is 0 Å². The molecule has 2 aromatic rings. The van der Waals surface area contributed by atoms with Crippen molar-refractivity contribution >= 4 is 29.7 Å². The molecular formula is C18H12O9. The summed E-state index contributed by atoms with van der Waals surface area (Å²) < 4.78 is 0. The minimum Gasteiger partial charge on any atom is -0.480 e. The van der Waals surface area contributed by atoms with Crippen LogP contribution in [-0.2, 0) is 9.59 Å². The minimum atomic E-state index is -2.31. The fourth-order valence-electron chi connectivity index (χ4n) is 2.62. The van der Waals surface area contributed by atoms with E-state index >= 15 is 0 Å². The van der Waals surface area contributed by atoms with E-state index in [1.807, 2.05) is 0 Å². The molecule has 0 amide bonds. The van der Waals surface area contributed by atoms with Crippen LogP contribution in [0.1, 0.15) is 48.1 Å². The van der Waals surface area contributed by atoms with Gasteiger partial charge in [-0.3, -0.25) is 14.4 Å². The van der Waals surface area contributed by atoms with Crippen molar-refractivity contribution in [1.29, 1.82) is 0 Å². The molecule has 0 heterocycles. The number of carbonyl (C=O) groups excluding carboxylic acids is 1. The van der Waals surface area contributed by atoms with Crippen molar-refractivity contribution in [1.82, 2.24) is 0 Å². The summed E-state index contributed by atoms with van der Waals surface area (Å²) in [5, 5.41) is 37.1. The molecule has 9 nitrogen and oxygen atoms in total. The Morgan fingerprint density at radius 1 is 0.667 bits per heavy atom. The molecule has 0 aliphatic heterocycles. The van der Waals surface area contributed by atoms with E-state index in [0.717, 1.165) is 12.1 Å². The van der Waals surface area contributed by atoms with Crippen LogP contribution < -0.4 is 0 Å². The van der Waals surface area contributed by atoms with Gasteiger partial charge in [0, 0.05) is 11.1 Å². The zero-order valence-electron chi connectivity index (χ0n) is 13.4. The molecule has 0 saturated carbocycles. The van der Waals surface area contributed by atoms with Crippen LogP contribution in [-0.4, -0.2) is 50.1 Å². The van der Waals surface area contributed by atoms with Crippen LogP contribution in [0.25, 0.3) is 0 Å². The predicted octanol–water partition coefficient (Wildman–Crippen LogP) is 1.57. The smallest absolute Gasteiger partial charge is 0.337 e. The van der Waals surface area contributed by atoms with Gasteiger partial charge in [-0.1, -0.05) is 36.4 Å². The maximum atomic E-state index is 12.6. The molecule has 0 spiro atoms. The lowest BCUT2D eigenvalue weighted by Gasteiger charge is -2.16. The maximum absolute atomic E-state index is 12.6. The Labute approximate surface area is 151 Å². The molecule has 4 N–H and O–H groups in total. The molecule has 0 atom stereocenters. The number of hydrogen-bond acceptors (Lipinski definition) is 5. The molecule has 2 rings (SSSR count). The third-order valence-corrected chi connectivity index (χ3v) is 3.75. The average molecular weight is 372 g/mol. The summed E-state index contributed by atoms with van der Waals surface area (Å²) in [4.78, 5) is 58.4. The molecule has 0 unspecified atom stereocenters. The van der Waals surface area contributed by atoms with Crippen LogP contribution in [0.3, 0.4) is 0 Å². The summed E-state index contributed by atoms with van der Waals surface area (Å²) in [5.74, 6) is -10.5. The number of rotatable bonds is 7. The highest BCUT2D eigenvalue weighted by Crippen LogP contribution is 2.28. The van der Waals surface area contributed by atoms with Crippen LogP contribution in [0.5, 0.6) is 0 Å². The Balaban J connectivity index is 2.83. The molecule has 0 aliphatic rings. The first-order chi connectivity index (χ1) is 12.7. The number of aromatic carboxylic acids is 2. The second-order valence-electron chi connectivity index (χ2n) is 5.37. The molecule has 0 saturated heterocycles. The van der Waals surface area contributed by atoms with Crippen molar-refractivity contribution in [2.45, 2.75) is 5.92 Å². The summed E-state index contributed by atoms with van der Waals surface area (Å²) in [6, 6.07) is 9.18. The number of carbonyl (C=O) groups is 5. The SMILES string of the molecule is O=C(c1ccccc1)c1ccc(C(C(=O)O)C(=O)O)c(C(=O)O)c1C(=O)O. The van der Waals surface area contributed by atoms with Crippen molar-refractivity contribution < 1.29 is 44.4 Å². The van der Waals surface area contributed by atoms with E-state index in [4.69, 9.17) is 10.2 Å². The summed E-state index contributed by atoms with van der Waals surface area (Å²) in [5.41, 5.74) is -3.19. The van der Waals surface area contributed by atoms with Gasteiger partial charge in [-0.15, -0.1) is 0 Å². The number of ketones is 1. The van der Waals surface area contributed by atoms with Crippen molar-refractivity contribution in [3.05, 3.63) is 70.3 Å². The highest BCUT2D eigenvalue weighted by atomic mass is 16.4. The number of benzene rings is 2. The second-order valence-corrected chi connectivity index (χ2v) is 5.37. The van der Waals surface area contributed by atoms with E-state index in [1.54, 1.807) is 6.07 Å². The molecule has 0 bridgehead atoms. The molecular weight excluding hydrogens is 360 g/mol. The topological polar surface area (TPSA) is 166 Å². The van der Waals surface area contributed by atoms with Crippen LogP contribution in [0.15, 0.2) is 42.5 Å². The molecule has 0 aromatic heterocycles. The molecule has 2 aromatic carbocycles. The van der Waals surface area contributed by atoms with E-state index in [-0.39, 0.29) is 5.56 Å². The number of aliphatic carboxylic acids is 2. The van der Waals surface area contributed by atoms with E-state index in [1.165, 1.54) is 24.3 Å². The van der Waals surface area contributed by atoms with Gasteiger partial charge in [0.2, 0.25) is 0 Å². The maximum Gasteiger partial charge on any atom is 0.337 e. The van der Waals surface area contributed by atoms with Crippen molar-refractivity contribution in [3.63, 3.8) is 0 Å². The first kappa shape index (κ1) is 19.3. The first-order valence-electron chi connectivity index (χ1n) is 7.35. The summed E-state index contributed by atoms with van der Waals surface area (Å²) in [6.07, 6.45) is 0. The molecule has 0 aliphatic carbocycles. The zero-order chi connectivity index (χ0) is 20.3. The molecule has 9 heteroatoms. The minimum absolute atomic E-state index is 0.0807. The average Bonchev–Trinajstić information content (AvgIpc) is 2.60. The number of carboxylic acid groups (broad SMARTS) is 4. The molecule has 0 radical (unpaired) electrons. The van der Waals surface area contributed by atoms with Crippen molar-refractivity contribution in [3.8, 4) is 0 Å². The predicted molar refractivity (Wildman–Crippen MR) is 88.2 cm³/mol. The summed E-state index contributed by atoms with van der Waals surface area (Å²) in [7, 11) is 0. The van der Waals surface area contributed by atoms with Gasteiger partial charge >= 0.3 is 23.9 Å². The lowest BCUT2D eigenvalue weighted by Crippen LogP contribution is -2.26. The van der Waals surface area contributed by atoms with E-state index in [9.17, 15) is 34.2 Å². The van der Waals surface area contributed by atoms with Crippen LogP contribution in [0.2, 0.25) is 0 Å². The first-order valence-corrected chi connectivity index (χ1v) is 7.35. The van der Waals surface area contributed by atoms with Crippen LogP contribution in [0.4, 0.5) is 0 Å². The molecule has 138 valence electrons. The number of hydrogen-bond donors (Lipinski definition) is 4. The summed E-state index contributed by atoms with van der Waals surface area (Å²) >= 11 is 0. The molecule has 27 heavy (non-hydrogen) atoms. The highest BCUT2D eigenvalue weighted by Gasteiger charge is 2.36. The third-order valence-electron chi connectivity index (χ3n) is 3.75. The lowest BCUT2D eigenvalue weighted by molar-refractivity contribution is -0.150. The standard InChI is InChI=1S/C18H12O9/c19-14(8-4-2-1-3-5-8)10-7-6-9(13(17(24)25)18(26)27)11(15(20)21)12(10)16(22)23/h1-7,13H,(H,20,21)(H,22,23)(H,24,25)(H,26,27). The second kappa shape index (κ2) is 7.48. The van der Waals surface area contributed by atoms with Crippen LogP contribution >= 0.6 is 0 Å². The van der Waals surface area contributed by atoms with Crippen molar-refractivity contribution in [2.75, 3.05) is 0 Å². The number of carboxylic acids is 4. The Bertz CT molecular complexity index is 946. The van der Waals surface area contributed by atoms with Gasteiger partial charge in [0.05, 0.1) is 11.1 Å². The third kappa shape index (κ3) is 3.66. The quantitative estimate of drug-likeness (QED) is 0.416. The Kier molecular flexibility index (Phi) is 5.35. The Hall–Kier alpha value is -4.01. The van der Waals surface area contributed by atoms with Gasteiger partial charge in [-0.05, 0) is 11.6 Å². The monoisotopic (exact) mass is 372 g/mol. The van der Waals surface area contributed by atoms with E-state index in [0.29, 0.717) is 0 Å². The van der Waals surface area contributed by atoms with Gasteiger partial charge in [0.1, 0.15) is 0 Å². The highest BCUT2D eigenvalue weighted by molar-refractivity contribution is 6.18. The van der Waals surface area contributed by atoms with Crippen LogP contribution in [0, 0.1) is 0 Å². The zero-order valence-corrected chi connectivity index (χ0v) is 13.4. The van der Waals surface area contributed by atoms with Gasteiger partial charge in [0.25, 0.3) is 0 Å².